The largest absolute Gasteiger partial charge is 0.223 e. The Labute approximate surface area is 143 Å². The highest BCUT2D eigenvalue weighted by Crippen LogP contribution is 2.16. The molecule has 0 spiro atoms. The smallest absolute Gasteiger partial charge is 0.199 e. The Hall–Kier alpha value is -2.18. The summed E-state index contributed by atoms with van der Waals surface area (Å²) in [7, 11) is -6.98. The van der Waals surface area contributed by atoms with Gasteiger partial charge in [0.05, 0.1) is 15.5 Å². The molecule has 2 rings (SSSR count). The van der Waals surface area contributed by atoms with Crippen LogP contribution >= 0.6 is 0 Å². The Balaban J connectivity index is 2.01. The zero-order valence-corrected chi connectivity index (χ0v) is 14.6. The van der Waals surface area contributed by atoms with Crippen LogP contribution < -0.4 is 0 Å². The number of benzene rings is 2. The lowest BCUT2D eigenvalue weighted by atomic mass is 10.2. The molecule has 0 aliphatic heterocycles. The molecule has 0 amide bonds. The van der Waals surface area contributed by atoms with E-state index in [1.807, 2.05) is 0 Å². The van der Waals surface area contributed by atoms with Crippen LogP contribution in [0.3, 0.4) is 0 Å². The van der Waals surface area contributed by atoms with Crippen molar-refractivity contribution in [3.05, 3.63) is 84.3 Å². The maximum Gasteiger partial charge on any atom is 0.199 e. The monoisotopic (exact) mass is 362 g/mol. The molecule has 0 N–H and O–H groups in total. The van der Waals surface area contributed by atoms with Crippen molar-refractivity contribution < 1.29 is 16.8 Å². The standard InChI is InChI=1S/C18H18O4S2/c1-16(15-24(21,22)18-12-6-3-7-13-18)9-8-14-23(19,20)17-10-4-2-5-11-17/h2-8,10-14H,1,9,15H2/b14-8+. The zero-order chi connectivity index (χ0) is 17.6. The first-order valence-electron chi connectivity index (χ1n) is 7.22. The Kier molecular flexibility index (Phi) is 5.75. The van der Waals surface area contributed by atoms with Crippen molar-refractivity contribution in [2.24, 2.45) is 0 Å². The van der Waals surface area contributed by atoms with Gasteiger partial charge < -0.3 is 0 Å². The van der Waals surface area contributed by atoms with Crippen LogP contribution in [0.4, 0.5) is 0 Å². The molecular formula is C18H18O4S2. The molecule has 0 aromatic heterocycles. The van der Waals surface area contributed by atoms with Crippen LogP contribution in [-0.2, 0) is 19.7 Å². The van der Waals surface area contributed by atoms with Crippen LogP contribution in [0.2, 0.25) is 0 Å². The van der Waals surface area contributed by atoms with E-state index in [2.05, 4.69) is 6.58 Å². The molecular weight excluding hydrogens is 344 g/mol. The molecule has 0 saturated heterocycles. The van der Waals surface area contributed by atoms with Crippen LogP contribution in [0, 0.1) is 0 Å². The fraction of sp³-hybridized carbons (Fsp3) is 0.111. The normalized spacial score (nSPS) is 12.3. The van der Waals surface area contributed by atoms with Crippen molar-refractivity contribution in [3.63, 3.8) is 0 Å². The molecule has 0 fully saturated rings. The lowest BCUT2D eigenvalue weighted by Crippen LogP contribution is -2.08. The molecule has 126 valence electrons. The number of allylic oxidation sites excluding steroid dienone is 1. The van der Waals surface area contributed by atoms with E-state index in [-0.39, 0.29) is 22.0 Å². The average molecular weight is 362 g/mol. The first kappa shape index (κ1) is 18.2. The van der Waals surface area contributed by atoms with Crippen LogP contribution in [0.25, 0.3) is 0 Å². The number of hydrogen-bond acceptors (Lipinski definition) is 4. The molecule has 0 aliphatic rings. The van der Waals surface area contributed by atoms with Crippen molar-refractivity contribution in [1.29, 1.82) is 0 Å². The maximum absolute atomic E-state index is 12.2. The predicted octanol–water partition coefficient (Wildman–Crippen LogP) is 3.39. The van der Waals surface area contributed by atoms with Gasteiger partial charge in [0, 0.05) is 5.41 Å². The molecule has 2 aromatic rings. The first-order valence-corrected chi connectivity index (χ1v) is 10.4. The quantitative estimate of drug-likeness (QED) is 0.708. The van der Waals surface area contributed by atoms with E-state index in [4.69, 9.17) is 0 Å². The van der Waals surface area contributed by atoms with Gasteiger partial charge >= 0.3 is 0 Å². The summed E-state index contributed by atoms with van der Waals surface area (Å²) >= 11 is 0. The van der Waals surface area contributed by atoms with Gasteiger partial charge in [-0.2, -0.15) is 0 Å². The molecule has 0 radical (unpaired) electrons. The maximum atomic E-state index is 12.2. The lowest BCUT2D eigenvalue weighted by Gasteiger charge is -2.05. The van der Waals surface area contributed by atoms with Gasteiger partial charge in [0.1, 0.15) is 0 Å². The first-order chi connectivity index (χ1) is 11.3. The third-order valence-electron chi connectivity index (χ3n) is 3.25. The van der Waals surface area contributed by atoms with Crippen LogP contribution in [0.15, 0.2) is 94.1 Å². The number of rotatable bonds is 7. The Morgan fingerprint density at radius 2 is 1.33 bits per heavy atom. The van der Waals surface area contributed by atoms with Gasteiger partial charge in [-0.25, -0.2) is 16.8 Å². The molecule has 0 atom stereocenters. The second-order valence-corrected chi connectivity index (χ2v) is 9.08. The van der Waals surface area contributed by atoms with Crippen LogP contribution in [0.1, 0.15) is 6.42 Å². The van der Waals surface area contributed by atoms with Gasteiger partial charge in [-0.05, 0) is 30.7 Å². The second kappa shape index (κ2) is 7.59. The molecule has 4 nitrogen and oxygen atoms in total. The summed E-state index contributed by atoms with van der Waals surface area (Å²) in [6.45, 7) is 3.73. The summed E-state index contributed by atoms with van der Waals surface area (Å²) in [4.78, 5) is 0.427. The van der Waals surface area contributed by atoms with Crippen molar-refractivity contribution in [2.45, 2.75) is 16.2 Å². The molecule has 2 aromatic carbocycles. The highest BCUT2D eigenvalue weighted by atomic mass is 32.2. The zero-order valence-electron chi connectivity index (χ0n) is 13.0. The van der Waals surface area contributed by atoms with Crippen molar-refractivity contribution in [2.75, 3.05) is 5.75 Å². The van der Waals surface area contributed by atoms with E-state index < -0.39 is 19.7 Å². The van der Waals surface area contributed by atoms with E-state index >= 15 is 0 Å². The van der Waals surface area contributed by atoms with Gasteiger partial charge in [-0.3, -0.25) is 0 Å². The molecule has 0 heterocycles. The minimum absolute atomic E-state index is 0.179. The van der Waals surface area contributed by atoms with E-state index in [0.717, 1.165) is 5.41 Å². The number of sulfone groups is 2. The van der Waals surface area contributed by atoms with Crippen LogP contribution in [-0.4, -0.2) is 22.6 Å². The summed E-state index contributed by atoms with van der Waals surface area (Å²) in [5.41, 5.74) is 0.429. The van der Waals surface area contributed by atoms with Gasteiger partial charge in [-0.15, -0.1) is 0 Å². The van der Waals surface area contributed by atoms with E-state index in [1.165, 1.54) is 30.3 Å². The van der Waals surface area contributed by atoms with E-state index in [9.17, 15) is 16.8 Å². The van der Waals surface area contributed by atoms with Crippen molar-refractivity contribution >= 4 is 19.7 Å². The average Bonchev–Trinajstić information content (AvgIpc) is 2.56. The summed E-state index contributed by atoms with van der Waals surface area (Å²) in [6, 6.07) is 16.1. The third-order valence-corrected chi connectivity index (χ3v) is 6.51. The van der Waals surface area contributed by atoms with Gasteiger partial charge in [0.15, 0.2) is 19.7 Å². The van der Waals surface area contributed by atoms with Gasteiger partial charge in [0.25, 0.3) is 0 Å². The summed E-state index contributed by atoms with van der Waals surface area (Å²) < 4.78 is 48.6. The predicted molar refractivity (Wildman–Crippen MR) is 95.0 cm³/mol. The molecule has 0 unspecified atom stereocenters. The highest BCUT2D eigenvalue weighted by molar-refractivity contribution is 7.94. The summed E-state index contributed by atoms with van der Waals surface area (Å²) in [6.07, 6.45) is 1.60. The highest BCUT2D eigenvalue weighted by Gasteiger charge is 2.15. The topological polar surface area (TPSA) is 68.3 Å². The molecule has 0 saturated carbocycles. The summed E-state index contributed by atoms with van der Waals surface area (Å²) in [5, 5.41) is 1.09. The Morgan fingerprint density at radius 3 is 1.88 bits per heavy atom. The molecule has 0 aliphatic carbocycles. The minimum Gasteiger partial charge on any atom is -0.223 e. The lowest BCUT2D eigenvalue weighted by molar-refractivity contribution is 0.597. The SMILES string of the molecule is C=C(C/C=C/S(=O)(=O)c1ccccc1)CS(=O)(=O)c1ccccc1. The molecule has 6 heteroatoms. The fourth-order valence-electron chi connectivity index (χ4n) is 2.07. The summed E-state index contributed by atoms with van der Waals surface area (Å²) in [5.74, 6) is -0.216. The van der Waals surface area contributed by atoms with E-state index in [0.29, 0.717) is 5.57 Å². The molecule has 0 bridgehead atoms. The Morgan fingerprint density at radius 1 is 0.833 bits per heavy atom. The van der Waals surface area contributed by atoms with Crippen molar-refractivity contribution in [1.82, 2.24) is 0 Å². The second-order valence-electron chi connectivity index (χ2n) is 5.26. The van der Waals surface area contributed by atoms with Crippen LogP contribution in [0.5, 0.6) is 0 Å². The van der Waals surface area contributed by atoms with E-state index in [1.54, 1.807) is 36.4 Å². The third kappa shape index (κ3) is 4.91. The van der Waals surface area contributed by atoms with Crippen molar-refractivity contribution in [3.8, 4) is 0 Å². The Bertz CT molecular complexity index is 927. The fourth-order valence-corrected chi connectivity index (χ4v) is 4.51. The van der Waals surface area contributed by atoms with Gasteiger partial charge in [0.2, 0.25) is 0 Å². The number of hydrogen-bond donors (Lipinski definition) is 0. The molecule has 24 heavy (non-hydrogen) atoms. The van der Waals surface area contributed by atoms with Gasteiger partial charge in [-0.1, -0.05) is 54.6 Å². The minimum atomic E-state index is -3.52.